The zero-order valence-corrected chi connectivity index (χ0v) is 15.2. The highest BCUT2D eigenvalue weighted by atomic mass is 32.1. The van der Waals surface area contributed by atoms with Crippen LogP contribution in [0, 0.1) is 0 Å². The molecule has 1 atom stereocenters. The van der Waals surface area contributed by atoms with Crippen molar-refractivity contribution in [3.63, 3.8) is 0 Å². The SMILES string of the molecule is NCCCC[C@H](NC(=O)c1ccncc1)C(=O)c1cc2ccccc2s1. The molecule has 0 saturated carbocycles. The van der Waals surface area contributed by atoms with Crippen molar-refractivity contribution in [3.8, 4) is 0 Å². The highest BCUT2D eigenvalue weighted by Crippen LogP contribution is 2.27. The fourth-order valence-corrected chi connectivity index (χ4v) is 3.84. The van der Waals surface area contributed by atoms with Crippen LogP contribution >= 0.6 is 11.3 Å². The van der Waals surface area contributed by atoms with Gasteiger partial charge in [0.15, 0.2) is 5.78 Å². The maximum absolute atomic E-state index is 13.0. The number of Topliss-reactive ketones (excluding diaryl/α,β-unsaturated/α-hetero) is 1. The van der Waals surface area contributed by atoms with Crippen LogP contribution in [0.15, 0.2) is 54.9 Å². The van der Waals surface area contributed by atoms with Crippen LogP contribution in [0.5, 0.6) is 0 Å². The molecular formula is C20H21N3O2S. The van der Waals surface area contributed by atoms with E-state index in [0.717, 1.165) is 22.9 Å². The number of thiophene rings is 1. The van der Waals surface area contributed by atoms with Crippen LogP contribution in [0.2, 0.25) is 0 Å². The fraction of sp³-hybridized carbons (Fsp3) is 0.250. The molecule has 6 heteroatoms. The summed E-state index contributed by atoms with van der Waals surface area (Å²) in [5, 5.41) is 3.93. The van der Waals surface area contributed by atoms with E-state index < -0.39 is 6.04 Å². The molecule has 0 aliphatic rings. The van der Waals surface area contributed by atoms with Gasteiger partial charge in [0.05, 0.1) is 10.9 Å². The maximum Gasteiger partial charge on any atom is 0.251 e. The molecule has 134 valence electrons. The summed E-state index contributed by atoms with van der Waals surface area (Å²) in [5.41, 5.74) is 6.06. The number of nitrogens with zero attached hydrogens (tertiary/aromatic N) is 1. The Labute approximate surface area is 156 Å². The van der Waals surface area contributed by atoms with Crippen LogP contribution in [-0.2, 0) is 0 Å². The minimum Gasteiger partial charge on any atom is -0.342 e. The molecule has 0 saturated heterocycles. The van der Waals surface area contributed by atoms with Gasteiger partial charge in [-0.1, -0.05) is 18.2 Å². The van der Waals surface area contributed by atoms with Crippen LogP contribution in [0.25, 0.3) is 10.1 Å². The quantitative estimate of drug-likeness (QED) is 0.472. The van der Waals surface area contributed by atoms with E-state index in [9.17, 15) is 9.59 Å². The third kappa shape index (κ3) is 4.33. The maximum atomic E-state index is 13.0. The highest BCUT2D eigenvalue weighted by molar-refractivity contribution is 7.20. The molecule has 2 heterocycles. The Morgan fingerprint density at radius 2 is 1.88 bits per heavy atom. The Morgan fingerprint density at radius 1 is 1.12 bits per heavy atom. The normalized spacial score (nSPS) is 12.0. The minimum absolute atomic E-state index is 0.0503. The van der Waals surface area contributed by atoms with E-state index in [1.54, 1.807) is 24.5 Å². The number of nitrogens with two attached hydrogens (primary N) is 1. The number of nitrogens with one attached hydrogen (secondary N) is 1. The smallest absolute Gasteiger partial charge is 0.251 e. The summed E-state index contributed by atoms with van der Waals surface area (Å²) >= 11 is 1.46. The topological polar surface area (TPSA) is 85.1 Å². The number of ketones is 1. The summed E-state index contributed by atoms with van der Waals surface area (Å²) in [6.07, 6.45) is 5.30. The van der Waals surface area contributed by atoms with Crippen LogP contribution < -0.4 is 11.1 Å². The molecule has 26 heavy (non-hydrogen) atoms. The molecular weight excluding hydrogens is 346 g/mol. The molecule has 0 radical (unpaired) electrons. The van der Waals surface area contributed by atoms with E-state index in [1.807, 2.05) is 30.3 Å². The number of benzene rings is 1. The zero-order valence-electron chi connectivity index (χ0n) is 14.4. The Bertz CT molecular complexity index is 859. The highest BCUT2D eigenvalue weighted by Gasteiger charge is 2.24. The van der Waals surface area contributed by atoms with Crippen molar-refractivity contribution >= 4 is 33.1 Å². The molecule has 0 aliphatic carbocycles. The molecule has 3 N–H and O–H groups in total. The summed E-state index contributed by atoms with van der Waals surface area (Å²) < 4.78 is 1.07. The van der Waals surface area contributed by atoms with Crippen LogP contribution in [-0.4, -0.2) is 29.3 Å². The standard InChI is InChI=1S/C20H21N3O2S/c21-10-4-3-6-16(23-20(25)14-8-11-22-12-9-14)19(24)18-13-15-5-1-2-7-17(15)26-18/h1-2,5,7-9,11-13,16H,3-4,6,10,21H2,(H,23,25)/t16-/m0/s1. The van der Waals surface area contributed by atoms with Crippen LogP contribution in [0.4, 0.5) is 0 Å². The molecule has 0 bridgehead atoms. The van der Waals surface area contributed by atoms with E-state index in [4.69, 9.17) is 5.73 Å². The molecule has 0 fully saturated rings. The number of carbonyl (C=O) groups is 2. The molecule has 2 aromatic heterocycles. The van der Waals surface area contributed by atoms with E-state index >= 15 is 0 Å². The lowest BCUT2D eigenvalue weighted by atomic mass is 10.0. The number of aromatic nitrogens is 1. The summed E-state index contributed by atoms with van der Waals surface area (Å²) in [7, 11) is 0. The second kappa shape index (κ2) is 8.69. The van der Waals surface area contributed by atoms with Crippen molar-refractivity contribution in [2.75, 3.05) is 6.54 Å². The van der Waals surface area contributed by atoms with Gasteiger partial charge in [0.1, 0.15) is 0 Å². The van der Waals surface area contributed by atoms with Crippen molar-refractivity contribution in [2.45, 2.75) is 25.3 Å². The van der Waals surface area contributed by atoms with E-state index in [0.29, 0.717) is 23.4 Å². The number of hydrogen-bond acceptors (Lipinski definition) is 5. The average molecular weight is 367 g/mol. The zero-order chi connectivity index (χ0) is 18.4. The average Bonchev–Trinajstić information content (AvgIpc) is 3.11. The first-order valence-corrected chi connectivity index (χ1v) is 9.44. The van der Waals surface area contributed by atoms with Gasteiger partial charge in [0.25, 0.3) is 5.91 Å². The molecule has 1 aromatic carbocycles. The lowest BCUT2D eigenvalue weighted by Crippen LogP contribution is -2.40. The number of hydrogen-bond donors (Lipinski definition) is 2. The monoisotopic (exact) mass is 367 g/mol. The number of fused-ring (bicyclic) bond motifs is 1. The van der Waals surface area contributed by atoms with Gasteiger partial charge in [-0.2, -0.15) is 0 Å². The Hall–Kier alpha value is -2.57. The molecule has 0 spiro atoms. The number of unbranched alkanes of at least 4 members (excludes halogenated alkanes) is 1. The van der Waals surface area contributed by atoms with Gasteiger partial charge in [-0.05, 0) is 55.5 Å². The van der Waals surface area contributed by atoms with Gasteiger partial charge >= 0.3 is 0 Å². The summed E-state index contributed by atoms with van der Waals surface area (Å²) in [5.74, 6) is -0.315. The van der Waals surface area contributed by atoms with Crippen molar-refractivity contribution in [1.29, 1.82) is 0 Å². The molecule has 5 nitrogen and oxygen atoms in total. The van der Waals surface area contributed by atoms with Crippen molar-refractivity contribution in [1.82, 2.24) is 10.3 Å². The number of pyridine rings is 1. The van der Waals surface area contributed by atoms with Crippen molar-refractivity contribution < 1.29 is 9.59 Å². The Morgan fingerprint density at radius 3 is 2.62 bits per heavy atom. The summed E-state index contributed by atoms with van der Waals surface area (Å²) in [6.45, 7) is 0.572. The second-order valence-electron chi connectivity index (χ2n) is 6.06. The van der Waals surface area contributed by atoms with E-state index in [-0.39, 0.29) is 11.7 Å². The molecule has 3 rings (SSSR count). The predicted molar refractivity (Wildman–Crippen MR) is 105 cm³/mol. The first-order chi connectivity index (χ1) is 12.7. The van der Waals surface area contributed by atoms with Gasteiger partial charge < -0.3 is 11.1 Å². The third-order valence-corrected chi connectivity index (χ3v) is 5.31. The number of carbonyl (C=O) groups excluding carboxylic acids is 2. The second-order valence-corrected chi connectivity index (χ2v) is 7.14. The van der Waals surface area contributed by atoms with Gasteiger partial charge in [0, 0.05) is 22.7 Å². The Kier molecular flexibility index (Phi) is 6.09. The van der Waals surface area contributed by atoms with Crippen molar-refractivity contribution in [3.05, 3.63) is 65.3 Å². The first-order valence-electron chi connectivity index (χ1n) is 8.63. The lowest BCUT2D eigenvalue weighted by molar-refractivity contribution is 0.0853. The van der Waals surface area contributed by atoms with E-state index in [2.05, 4.69) is 10.3 Å². The third-order valence-electron chi connectivity index (χ3n) is 4.18. The van der Waals surface area contributed by atoms with Gasteiger partial charge in [-0.3, -0.25) is 14.6 Å². The first kappa shape index (κ1) is 18.2. The van der Waals surface area contributed by atoms with Gasteiger partial charge in [-0.15, -0.1) is 11.3 Å². The number of amides is 1. The minimum atomic E-state index is -0.560. The number of rotatable bonds is 8. The van der Waals surface area contributed by atoms with Gasteiger partial charge in [0.2, 0.25) is 0 Å². The molecule has 0 aliphatic heterocycles. The Balaban J connectivity index is 1.80. The van der Waals surface area contributed by atoms with Gasteiger partial charge in [-0.25, -0.2) is 0 Å². The molecule has 3 aromatic rings. The lowest BCUT2D eigenvalue weighted by Gasteiger charge is -2.17. The molecule has 0 unspecified atom stereocenters. The largest absolute Gasteiger partial charge is 0.342 e. The summed E-state index contributed by atoms with van der Waals surface area (Å²) in [4.78, 5) is 30.1. The molecule has 1 amide bonds. The van der Waals surface area contributed by atoms with Crippen LogP contribution in [0.3, 0.4) is 0 Å². The fourth-order valence-electron chi connectivity index (χ4n) is 2.78. The van der Waals surface area contributed by atoms with Crippen LogP contribution in [0.1, 0.15) is 39.3 Å². The van der Waals surface area contributed by atoms with Crippen molar-refractivity contribution in [2.24, 2.45) is 5.73 Å². The predicted octanol–water partition coefficient (Wildman–Crippen LogP) is 3.41. The van der Waals surface area contributed by atoms with E-state index in [1.165, 1.54) is 11.3 Å². The summed E-state index contributed by atoms with van der Waals surface area (Å²) in [6, 6.07) is 12.5.